The number of hydrogen-bond donors (Lipinski definition) is 0. The van der Waals surface area contributed by atoms with Crippen molar-refractivity contribution in [1.82, 2.24) is 19.7 Å². The Morgan fingerprint density at radius 1 is 1.10 bits per heavy atom. The van der Waals surface area contributed by atoms with E-state index in [4.69, 9.17) is 14.2 Å². The zero-order valence-electron chi connectivity index (χ0n) is 18.6. The molecular weight excluding hydrogens is 382 g/mol. The van der Waals surface area contributed by atoms with Crippen LogP contribution in [0.15, 0.2) is 30.4 Å². The Morgan fingerprint density at radius 3 is 2.50 bits per heavy atom. The van der Waals surface area contributed by atoms with Gasteiger partial charge in [-0.25, -0.2) is 0 Å². The summed E-state index contributed by atoms with van der Waals surface area (Å²) in [4.78, 5) is 4.71. The van der Waals surface area contributed by atoms with E-state index in [9.17, 15) is 0 Å². The van der Waals surface area contributed by atoms with Gasteiger partial charge in [-0.2, -0.15) is 0 Å². The van der Waals surface area contributed by atoms with Crippen LogP contribution in [-0.4, -0.2) is 79.8 Å². The van der Waals surface area contributed by atoms with Gasteiger partial charge in [0.2, 0.25) is 5.95 Å². The lowest BCUT2D eigenvalue weighted by atomic mass is 10.2. The minimum atomic E-state index is 0.585. The normalized spacial score (nSPS) is 14.7. The summed E-state index contributed by atoms with van der Waals surface area (Å²) in [5, 5.41) is 9.09. The van der Waals surface area contributed by atoms with Gasteiger partial charge in [-0.1, -0.05) is 12.2 Å². The summed E-state index contributed by atoms with van der Waals surface area (Å²) < 4.78 is 18.5. The highest BCUT2D eigenvalue weighted by atomic mass is 16.5. The van der Waals surface area contributed by atoms with E-state index in [-0.39, 0.29) is 0 Å². The van der Waals surface area contributed by atoms with E-state index in [1.54, 1.807) is 14.2 Å². The molecule has 8 nitrogen and oxygen atoms in total. The lowest BCUT2D eigenvalue weighted by Crippen LogP contribution is -2.48. The highest BCUT2D eigenvalue weighted by Gasteiger charge is 2.24. The van der Waals surface area contributed by atoms with Crippen molar-refractivity contribution < 1.29 is 14.2 Å². The topological polar surface area (TPSA) is 64.9 Å². The summed E-state index contributed by atoms with van der Waals surface area (Å²) in [6.07, 6.45) is 0. The van der Waals surface area contributed by atoms with E-state index in [0.29, 0.717) is 18.9 Å². The van der Waals surface area contributed by atoms with Crippen LogP contribution in [0.25, 0.3) is 11.4 Å². The van der Waals surface area contributed by atoms with Crippen molar-refractivity contribution in [1.29, 1.82) is 0 Å². The summed E-state index contributed by atoms with van der Waals surface area (Å²) in [7, 11) is 3.39. The molecule has 0 radical (unpaired) electrons. The molecule has 1 aromatic heterocycles. The van der Waals surface area contributed by atoms with Gasteiger partial charge in [0.25, 0.3) is 0 Å². The van der Waals surface area contributed by atoms with Crippen molar-refractivity contribution >= 4 is 5.95 Å². The maximum absolute atomic E-state index is 5.65. The van der Waals surface area contributed by atoms with Gasteiger partial charge in [-0.05, 0) is 32.0 Å². The van der Waals surface area contributed by atoms with E-state index < -0.39 is 0 Å². The molecule has 0 aliphatic carbocycles. The predicted molar refractivity (Wildman–Crippen MR) is 119 cm³/mol. The zero-order chi connectivity index (χ0) is 21.5. The van der Waals surface area contributed by atoms with Gasteiger partial charge in [0.15, 0.2) is 17.3 Å². The third-order valence-electron chi connectivity index (χ3n) is 5.15. The van der Waals surface area contributed by atoms with E-state index >= 15 is 0 Å². The fourth-order valence-corrected chi connectivity index (χ4v) is 3.63. The minimum absolute atomic E-state index is 0.585. The fraction of sp³-hybridized carbons (Fsp3) is 0.545. The second-order valence-corrected chi connectivity index (χ2v) is 7.49. The van der Waals surface area contributed by atoms with Crippen LogP contribution in [0.4, 0.5) is 5.95 Å². The molecular formula is C22H33N5O3. The van der Waals surface area contributed by atoms with Crippen molar-refractivity contribution in [2.24, 2.45) is 0 Å². The van der Waals surface area contributed by atoms with Crippen molar-refractivity contribution in [3.8, 4) is 22.9 Å². The molecule has 0 saturated carbocycles. The Balaban J connectivity index is 1.87. The monoisotopic (exact) mass is 415 g/mol. The Labute approximate surface area is 179 Å². The molecule has 0 N–H and O–H groups in total. The largest absolute Gasteiger partial charge is 0.493 e. The van der Waals surface area contributed by atoms with Gasteiger partial charge < -0.3 is 19.1 Å². The molecule has 0 atom stereocenters. The summed E-state index contributed by atoms with van der Waals surface area (Å²) in [5.74, 6) is 3.10. The number of benzene rings is 1. The number of rotatable bonds is 10. The minimum Gasteiger partial charge on any atom is -0.493 e. The quantitative estimate of drug-likeness (QED) is 0.553. The van der Waals surface area contributed by atoms with Gasteiger partial charge in [0.1, 0.15) is 0 Å². The maximum atomic E-state index is 5.65. The average Bonchev–Trinajstić information content (AvgIpc) is 3.16. The lowest BCUT2D eigenvalue weighted by molar-refractivity contribution is 0.143. The molecule has 0 spiro atoms. The number of allylic oxidation sites excluding steroid dienone is 1. The van der Waals surface area contributed by atoms with Crippen molar-refractivity contribution in [3.05, 3.63) is 30.4 Å². The molecule has 1 aromatic carbocycles. The molecule has 164 valence electrons. The molecule has 2 aromatic rings. The van der Waals surface area contributed by atoms with Gasteiger partial charge in [0, 0.05) is 51.9 Å². The van der Waals surface area contributed by atoms with E-state index in [1.807, 2.05) is 32.0 Å². The Bertz CT molecular complexity index is 843. The predicted octanol–water partition coefficient (Wildman–Crippen LogP) is 2.70. The van der Waals surface area contributed by atoms with E-state index in [1.165, 1.54) is 0 Å². The number of hydrogen-bond acceptors (Lipinski definition) is 7. The highest BCUT2D eigenvalue weighted by Crippen LogP contribution is 2.33. The first-order valence-electron chi connectivity index (χ1n) is 10.4. The Morgan fingerprint density at radius 2 is 1.87 bits per heavy atom. The number of ether oxygens (including phenoxy) is 3. The zero-order valence-corrected chi connectivity index (χ0v) is 18.6. The molecule has 0 bridgehead atoms. The van der Waals surface area contributed by atoms with Crippen molar-refractivity contribution in [2.45, 2.75) is 20.4 Å². The lowest BCUT2D eigenvalue weighted by Gasteiger charge is -2.35. The average molecular weight is 416 g/mol. The summed E-state index contributed by atoms with van der Waals surface area (Å²) >= 11 is 0. The van der Waals surface area contributed by atoms with E-state index in [2.05, 4.69) is 31.1 Å². The van der Waals surface area contributed by atoms with Crippen LogP contribution in [0.3, 0.4) is 0 Å². The SMILES string of the molecule is C=C(C)Cn1c(-c2ccc(OCC)c(OC)c2)nnc1N1CCN(CCOC)CC1. The molecule has 1 aliphatic rings. The number of piperazine rings is 1. The van der Waals surface area contributed by atoms with Gasteiger partial charge in [-0.15, -0.1) is 10.2 Å². The van der Waals surface area contributed by atoms with Crippen LogP contribution in [0.2, 0.25) is 0 Å². The maximum Gasteiger partial charge on any atom is 0.227 e. The smallest absolute Gasteiger partial charge is 0.227 e. The van der Waals surface area contributed by atoms with Crippen LogP contribution in [0, 0.1) is 0 Å². The fourth-order valence-electron chi connectivity index (χ4n) is 3.63. The molecule has 0 unspecified atom stereocenters. The van der Waals surface area contributed by atoms with Gasteiger partial charge >= 0.3 is 0 Å². The first-order chi connectivity index (χ1) is 14.6. The van der Waals surface area contributed by atoms with Gasteiger partial charge in [-0.3, -0.25) is 9.47 Å². The molecule has 2 heterocycles. The summed E-state index contributed by atoms with van der Waals surface area (Å²) in [6, 6.07) is 5.88. The van der Waals surface area contributed by atoms with Crippen LogP contribution < -0.4 is 14.4 Å². The number of aromatic nitrogens is 3. The number of methoxy groups -OCH3 is 2. The Hall–Kier alpha value is -2.58. The third-order valence-corrected chi connectivity index (χ3v) is 5.15. The molecule has 3 rings (SSSR count). The van der Waals surface area contributed by atoms with E-state index in [0.717, 1.165) is 68.0 Å². The van der Waals surface area contributed by atoms with Crippen molar-refractivity contribution in [2.75, 3.05) is 65.1 Å². The molecule has 1 saturated heterocycles. The van der Waals surface area contributed by atoms with Gasteiger partial charge in [0.05, 0.1) is 20.3 Å². The molecule has 30 heavy (non-hydrogen) atoms. The highest BCUT2D eigenvalue weighted by molar-refractivity contribution is 5.63. The first kappa shape index (κ1) is 22.1. The van der Waals surface area contributed by atoms with Crippen LogP contribution >= 0.6 is 0 Å². The third kappa shape index (κ3) is 5.12. The second kappa shape index (κ2) is 10.4. The Kier molecular flexibility index (Phi) is 7.70. The summed E-state index contributed by atoms with van der Waals surface area (Å²) in [6.45, 7) is 14.8. The number of nitrogens with zero attached hydrogens (tertiary/aromatic N) is 5. The molecule has 1 aliphatic heterocycles. The van der Waals surface area contributed by atoms with Crippen LogP contribution in [0.5, 0.6) is 11.5 Å². The molecule has 0 amide bonds. The number of anilines is 1. The second-order valence-electron chi connectivity index (χ2n) is 7.49. The van der Waals surface area contributed by atoms with Crippen LogP contribution in [0.1, 0.15) is 13.8 Å². The van der Waals surface area contributed by atoms with Crippen LogP contribution in [-0.2, 0) is 11.3 Å². The first-order valence-corrected chi connectivity index (χ1v) is 10.4. The molecule has 1 fully saturated rings. The summed E-state index contributed by atoms with van der Waals surface area (Å²) in [5.41, 5.74) is 1.99. The standard InChI is InChI=1S/C22H33N5O3/c1-6-30-19-8-7-18(15-20(19)29-5)21-23-24-22(27(21)16-17(2)3)26-11-9-25(10-12-26)13-14-28-4/h7-8,15H,2,6,9-14,16H2,1,3-5H3. The van der Waals surface area contributed by atoms with Crippen molar-refractivity contribution in [3.63, 3.8) is 0 Å². The molecule has 8 heteroatoms.